The summed E-state index contributed by atoms with van der Waals surface area (Å²) >= 11 is 0. The van der Waals surface area contributed by atoms with E-state index in [0.717, 1.165) is 36.8 Å². The van der Waals surface area contributed by atoms with Crippen LogP contribution in [0.1, 0.15) is 50.7 Å². The van der Waals surface area contributed by atoms with Gasteiger partial charge in [-0.25, -0.2) is 0 Å². The summed E-state index contributed by atoms with van der Waals surface area (Å²) in [5, 5.41) is 2.24. The van der Waals surface area contributed by atoms with Gasteiger partial charge in [0.1, 0.15) is 6.04 Å². The van der Waals surface area contributed by atoms with Crippen molar-refractivity contribution in [1.29, 1.82) is 0 Å². The number of piperazine rings is 1. The maximum Gasteiger partial charge on any atom is 0.262 e. The molecule has 0 aromatic heterocycles. The number of anilines is 1. The summed E-state index contributed by atoms with van der Waals surface area (Å²) < 4.78 is 0. The molecule has 2 fully saturated rings. The van der Waals surface area contributed by atoms with E-state index in [1.807, 2.05) is 18.2 Å². The van der Waals surface area contributed by atoms with Crippen LogP contribution in [0.4, 0.5) is 5.69 Å². The Morgan fingerprint density at radius 3 is 1.92 bits per heavy atom. The number of fused-ring (bicyclic) bond motifs is 1. The number of benzene rings is 3. The molecule has 4 amide bonds. The zero-order valence-corrected chi connectivity index (χ0v) is 20.9. The number of piperidine rings is 1. The third-order valence-corrected chi connectivity index (χ3v) is 7.70. The van der Waals surface area contributed by atoms with Gasteiger partial charge in [-0.3, -0.25) is 34.3 Å². The van der Waals surface area contributed by atoms with Crippen molar-refractivity contribution in [2.24, 2.45) is 0 Å². The van der Waals surface area contributed by atoms with E-state index in [1.54, 1.807) is 12.1 Å². The van der Waals surface area contributed by atoms with Crippen LogP contribution >= 0.6 is 0 Å². The molecule has 0 spiro atoms. The highest BCUT2D eigenvalue weighted by Crippen LogP contribution is 2.33. The van der Waals surface area contributed by atoms with Crippen molar-refractivity contribution in [3.05, 3.63) is 101 Å². The maximum atomic E-state index is 13.2. The molecular weight excluding hydrogens is 480 g/mol. The van der Waals surface area contributed by atoms with Crippen molar-refractivity contribution in [1.82, 2.24) is 15.1 Å². The lowest BCUT2D eigenvalue weighted by atomic mass is 9.96. The summed E-state index contributed by atoms with van der Waals surface area (Å²) in [6.45, 7) is 3.21. The van der Waals surface area contributed by atoms with E-state index >= 15 is 0 Å². The van der Waals surface area contributed by atoms with Crippen molar-refractivity contribution in [2.45, 2.75) is 24.9 Å². The Bertz CT molecular complexity index is 1360. The molecular formula is C30H28N4O4. The minimum atomic E-state index is -0.958. The number of hydrogen-bond acceptors (Lipinski definition) is 6. The van der Waals surface area contributed by atoms with E-state index in [0.29, 0.717) is 11.1 Å². The molecule has 192 valence electrons. The van der Waals surface area contributed by atoms with Gasteiger partial charge in [-0.1, -0.05) is 60.7 Å². The largest absolute Gasteiger partial charge is 0.369 e. The molecule has 1 N–H and O–H groups in total. The normalized spacial score (nSPS) is 20.2. The minimum Gasteiger partial charge on any atom is -0.369 e. The first-order chi connectivity index (χ1) is 18.5. The number of rotatable bonds is 5. The summed E-state index contributed by atoms with van der Waals surface area (Å²) in [4.78, 5) is 55.9. The van der Waals surface area contributed by atoms with Crippen molar-refractivity contribution in [2.75, 3.05) is 31.1 Å². The van der Waals surface area contributed by atoms with Crippen molar-refractivity contribution in [3.8, 4) is 0 Å². The highest BCUT2D eigenvalue weighted by atomic mass is 16.2. The molecule has 3 aromatic carbocycles. The van der Waals surface area contributed by atoms with E-state index < -0.39 is 23.8 Å². The number of hydrogen-bond donors (Lipinski definition) is 1. The number of nitrogens with zero attached hydrogens (tertiary/aromatic N) is 3. The number of amides is 4. The lowest BCUT2D eigenvalue weighted by molar-refractivity contribution is -0.136. The molecule has 6 rings (SSSR count). The van der Waals surface area contributed by atoms with Crippen molar-refractivity contribution < 1.29 is 19.2 Å². The molecule has 3 aliphatic rings. The molecule has 1 unspecified atom stereocenters. The van der Waals surface area contributed by atoms with Gasteiger partial charge in [-0.2, -0.15) is 0 Å². The lowest BCUT2D eigenvalue weighted by Crippen LogP contribution is -2.54. The first-order valence-electron chi connectivity index (χ1n) is 13.0. The molecule has 3 heterocycles. The smallest absolute Gasteiger partial charge is 0.262 e. The van der Waals surface area contributed by atoms with Crippen LogP contribution in [0.5, 0.6) is 0 Å². The van der Waals surface area contributed by atoms with Crippen LogP contribution in [0.25, 0.3) is 0 Å². The van der Waals surface area contributed by atoms with Crippen LogP contribution in [-0.2, 0) is 9.59 Å². The van der Waals surface area contributed by atoms with Gasteiger partial charge in [-0.15, -0.1) is 0 Å². The number of carbonyl (C=O) groups excluding carboxylic acids is 4. The van der Waals surface area contributed by atoms with Gasteiger partial charge in [0.25, 0.3) is 11.8 Å². The fraction of sp³-hybridized carbons (Fsp3) is 0.267. The first kappa shape index (κ1) is 24.1. The zero-order chi connectivity index (χ0) is 26.2. The Morgan fingerprint density at radius 2 is 1.32 bits per heavy atom. The van der Waals surface area contributed by atoms with E-state index in [-0.39, 0.29) is 24.8 Å². The standard InChI is InChI=1S/C30H28N4O4/c35-26-14-13-25(28(36)31-26)34-29(37)23-12-11-22(19-24(23)30(34)38)32-15-17-33(18-16-32)27(20-7-3-1-4-8-20)21-9-5-2-6-10-21/h1-12,19,25,27H,13-18H2,(H,31,35,36). The predicted molar refractivity (Wildman–Crippen MR) is 142 cm³/mol. The molecule has 8 heteroatoms. The molecule has 0 saturated carbocycles. The highest BCUT2D eigenvalue weighted by Gasteiger charge is 2.44. The van der Waals surface area contributed by atoms with Gasteiger partial charge >= 0.3 is 0 Å². The van der Waals surface area contributed by atoms with E-state index in [1.165, 1.54) is 11.1 Å². The Hall–Kier alpha value is -4.30. The molecule has 1 atom stereocenters. The summed E-state index contributed by atoms with van der Waals surface area (Å²) in [5.74, 6) is -1.94. The average Bonchev–Trinajstić information content (AvgIpc) is 3.19. The van der Waals surface area contributed by atoms with E-state index in [9.17, 15) is 19.2 Å². The third-order valence-electron chi connectivity index (χ3n) is 7.70. The molecule has 0 aliphatic carbocycles. The van der Waals surface area contributed by atoms with Gasteiger partial charge < -0.3 is 4.90 Å². The van der Waals surface area contributed by atoms with Crippen LogP contribution < -0.4 is 10.2 Å². The van der Waals surface area contributed by atoms with Crippen LogP contribution in [0.2, 0.25) is 0 Å². The number of carbonyl (C=O) groups is 4. The van der Waals surface area contributed by atoms with Gasteiger partial charge in [0.05, 0.1) is 17.2 Å². The summed E-state index contributed by atoms with van der Waals surface area (Å²) in [7, 11) is 0. The highest BCUT2D eigenvalue weighted by molar-refractivity contribution is 6.23. The maximum absolute atomic E-state index is 13.2. The SMILES string of the molecule is O=C1CCC(N2C(=O)c3ccc(N4CCN(C(c5ccccc5)c5ccccc5)CC4)cc3C2=O)C(=O)N1. The second kappa shape index (κ2) is 9.87. The first-order valence-corrected chi connectivity index (χ1v) is 13.0. The molecule has 0 bridgehead atoms. The molecule has 8 nitrogen and oxygen atoms in total. The Labute approximate surface area is 220 Å². The van der Waals surface area contributed by atoms with E-state index in [4.69, 9.17) is 0 Å². The molecule has 38 heavy (non-hydrogen) atoms. The predicted octanol–water partition coefficient (Wildman–Crippen LogP) is 3.00. The topological polar surface area (TPSA) is 90.0 Å². The van der Waals surface area contributed by atoms with Gasteiger partial charge in [0.2, 0.25) is 11.8 Å². The van der Waals surface area contributed by atoms with E-state index in [2.05, 4.69) is 63.6 Å². The fourth-order valence-corrected chi connectivity index (χ4v) is 5.78. The van der Waals surface area contributed by atoms with Crippen LogP contribution in [0.3, 0.4) is 0 Å². The second-order valence-electron chi connectivity index (χ2n) is 9.92. The molecule has 2 saturated heterocycles. The minimum absolute atomic E-state index is 0.103. The second-order valence-corrected chi connectivity index (χ2v) is 9.92. The lowest BCUT2D eigenvalue weighted by Gasteiger charge is -2.40. The number of nitrogens with one attached hydrogen (secondary N) is 1. The van der Waals surface area contributed by atoms with Gasteiger partial charge in [0.15, 0.2) is 0 Å². The zero-order valence-electron chi connectivity index (χ0n) is 20.9. The fourth-order valence-electron chi connectivity index (χ4n) is 5.78. The summed E-state index contributed by atoms with van der Waals surface area (Å²) in [6.07, 6.45) is 0.251. The Balaban J connectivity index is 1.19. The monoisotopic (exact) mass is 508 g/mol. The van der Waals surface area contributed by atoms with Crippen LogP contribution in [0.15, 0.2) is 78.9 Å². The average molecular weight is 509 g/mol. The number of imide groups is 2. The van der Waals surface area contributed by atoms with Gasteiger partial charge in [0, 0.05) is 38.3 Å². The summed E-state index contributed by atoms with van der Waals surface area (Å²) in [6, 6.07) is 25.5. The van der Waals surface area contributed by atoms with Crippen LogP contribution in [-0.4, -0.2) is 65.6 Å². The summed E-state index contributed by atoms with van der Waals surface area (Å²) in [5.41, 5.74) is 4.00. The van der Waals surface area contributed by atoms with Crippen molar-refractivity contribution >= 4 is 29.3 Å². The Kier molecular flexibility index (Phi) is 6.25. The van der Waals surface area contributed by atoms with Gasteiger partial charge in [-0.05, 0) is 35.7 Å². The molecule has 3 aliphatic heterocycles. The molecule has 3 aromatic rings. The quantitative estimate of drug-likeness (QED) is 0.533. The Morgan fingerprint density at radius 1 is 0.711 bits per heavy atom. The van der Waals surface area contributed by atoms with Crippen LogP contribution in [0, 0.1) is 0 Å². The third kappa shape index (κ3) is 4.26. The van der Waals surface area contributed by atoms with Crippen molar-refractivity contribution in [3.63, 3.8) is 0 Å². The molecule has 0 radical (unpaired) electrons.